The zero-order chi connectivity index (χ0) is 28.5. The zero-order valence-electron chi connectivity index (χ0n) is 21.4. The zero-order valence-corrected chi connectivity index (χ0v) is 22.2. The van der Waals surface area contributed by atoms with Crippen molar-refractivity contribution in [2.45, 2.75) is 30.7 Å². The quantitative estimate of drug-likeness (QED) is 0.353. The molecule has 0 amide bonds. The van der Waals surface area contributed by atoms with Crippen LogP contribution >= 0.6 is 0 Å². The molecule has 1 N–H and O–H groups in total. The van der Waals surface area contributed by atoms with Gasteiger partial charge in [-0.05, 0) is 29.8 Å². The molecule has 0 fully saturated rings. The summed E-state index contributed by atoms with van der Waals surface area (Å²) >= 11 is 0. The second-order valence-corrected chi connectivity index (χ2v) is 11.2. The summed E-state index contributed by atoms with van der Waals surface area (Å²) in [5, 5.41) is 17.5. The van der Waals surface area contributed by atoms with Crippen LogP contribution in [0.4, 0.5) is 18.9 Å². The van der Waals surface area contributed by atoms with E-state index in [1.165, 1.54) is 33.4 Å². The fourth-order valence-electron chi connectivity index (χ4n) is 4.59. The lowest BCUT2D eigenvalue weighted by molar-refractivity contribution is -0.138. The van der Waals surface area contributed by atoms with E-state index in [4.69, 9.17) is 4.74 Å². The van der Waals surface area contributed by atoms with Crippen molar-refractivity contribution in [2.75, 3.05) is 25.1 Å². The van der Waals surface area contributed by atoms with Gasteiger partial charge in [0, 0.05) is 25.7 Å². The predicted molar refractivity (Wildman–Crippen MR) is 140 cm³/mol. The van der Waals surface area contributed by atoms with Crippen LogP contribution in [0.5, 0.6) is 11.5 Å². The van der Waals surface area contributed by atoms with Crippen molar-refractivity contribution in [2.24, 2.45) is 0 Å². The molecule has 40 heavy (non-hydrogen) atoms. The second-order valence-electron chi connectivity index (χ2n) is 9.29. The SMILES string of the molecule is CN(CCO)c1cccc2c1S(=O)(=O)N(Cc1cn(Cc3ccccc3C(F)(F)F)nn1)Cc1ccccc1O2. The molecule has 9 nitrogen and oxygen atoms in total. The molecule has 0 aliphatic carbocycles. The molecule has 13 heteroatoms. The number of rotatable bonds is 7. The Balaban J connectivity index is 1.52. The third-order valence-electron chi connectivity index (χ3n) is 6.52. The molecule has 0 bridgehead atoms. The Kier molecular flexibility index (Phi) is 7.53. The molecule has 1 aromatic heterocycles. The van der Waals surface area contributed by atoms with Gasteiger partial charge in [0.15, 0.2) is 0 Å². The largest absolute Gasteiger partial charge is 0.456 e. The number of nitrogens with zero attached hydrogens (tertiary/aromatic N) is 5. The summed E-state index contributed by atoms with van der Waals surface area (Å²) in [4.78, 5) is 1.56. The van der Waals surface area contributed by atoms with Crippen LogP contribution in [0, 0.1) is 0 Å². The molecule has 0 saturated heterocycles. The smallest absolute Gasteiger partial charge is 0.416 e. The Labute approximate surface area is 229 Å². The fourth-order valence-corrected chi connectivity index (χ4v) is 6.31. The lowest BCUT2D eigenvalue weighted by atomic mass is 10.1. The topological polar surface area (TPSA) is 101 Å². The summed E-state index contributed by atoms with van der Waals surface area (Å²) < 4.78 is 77.2. The van der Waals surface area contributed by atoms with E-state index < -0.39 is 21.8 Å². The highest BCUT2D eigenvalue weighted by molar-refractivity contribution is 7.89. The summed E-state index contributed by atoms with van der Waals surface area (Å²) in [5.74, 6) is 0.616. The number of halogens is 3. The van der Waals surface area contributed by atoms with Crippen LogP contribution in [0.25, 0.3) is 0 Å². The van der Waals surface area contributed by atoms with Crippen LogP contribution in [-0.2, 0) is 35.8 Å². The lowest BCUT2D eigenvalue weighted by Gasteiger charge is -2.30. The normalized spacial score (nSPS) is 14.9. The second kappa shape index (κ2) is 10.9. The van der Waals surface area contributed by atoms with E-state index in [9.17, 15) is 26.7 Å². The number of aliphatic hydroxyl groups excluding tert-OH is 1. The van der Waals surface area contributed by atoms with Gasteiger partial charge in [-0.25, -0.2) is 13.1 Å². The van der Waals surface area contributed by atoms with Crippen LogP contribution in [-0.4, -0.2) is 53.0 Å². The van der Waals surface area contributed by atoms with Crippen molar-refractivity contribution >= 4 is 15.7 Å². The number of para-hydroxylation sites is 1. The van der Waals surface area contributed by atoms with Crippen molar-refractivity contribution in [1.82, 2.24) is 19.3 Å². The Hall–Kier alpha value is -3.94. The number of benzene rings is 3. The Morgan fingerprint density at radius 2 is 1.73 bits per heavy atom. The van der Waals surface area contributed by atoms with E-state index in [-0.39, 0.29) is 54.7 Å². The highest BCUT2D eigenvalue weighted by Gasteiger charge is 2.36. The van der Waals surface area contributed by atoms with E-state index in [2.05, 4.69) is 10.3 Å². The molecule has 0 saturated carbocycles. The minimum absolute atomic E-state index is 0.0156. The standard InChI is InChI=1S/C27H26F3N5O4S/c1-33(13-14-36)23-10-6-12-25-26(23)40(37,38)35(16-20-8-3-5-11-24(20)39-25)18-21-17-34(32-31-21)15-19-7-2-4-9-22(19)27(28,29)30/h2-12,17,36H,13-16,18H2,1H3. The van der Waals surface area contributed by atoms with Crippen LogP contribution in [0.2, 0.25) is 0 Å². The van der Waals surface area contributed by atoms with E-state index >= 15 is 0 Å². The number of aromatic nitrogens is 3. The minimum atomic E-state index is -4.53. The number of fused-ring (bicyclic) bond motifs is 2. The van der Waals surface area contributed by atoms with Gasteiger partial charge in [0.2, 0.25) is 10.0 Å². The van der Waals surface area contributed by atoms with Gasteiger partial charge in [0.25, 0.3) is 0 Å². The van der Waals surface area contributed by atoms with Crippen molar-refractivity contribution in [3.63, 3.8) is 0 Å². The number of ether oxygens (including phenoxy) is 1. The summed E-state index contributed by atoms with van der Waals surface area (Å²) in [5.41, 5.74) is 0.475. The van der Waals surface area contributed by atoms with Gasteiger partial charge >= 0.3 is 6.18 Å². The fraction of sp³-hybridized carbons (Fsp3) is 0.259. The minimum Gasteiger partial charge on any atom is -0.456 e. The van der Waals surface area contributed by atoms with Gasteiger partial charge < -0.3 is 14.7 Å². The molecule has 210 valence electrons. The summed E-state index contributed by atoms with van der Waals surface area (Å²) in [6.45, 7) is -0.412. The Morgan fingerprint density at radius 3 is 2.50 bits per heavy atom. The van der Waals surface area contributed by atoms with Crippen LogP contribution in [0.3, 0.4) is 0 Å². The van der Waals surface area contributed by atoms with E-state index in [0.29, 0.717) is 17.0 Å². The molecule has 4 aromatic rings. The molecule has 0 atom stereocenters. The highest BCUT2D eigenvalue weighted by atomic mass is 32.2. The van der Waals surface area contributed by atoms with Gasteiger partial charge in [-0.2, -0.15) is 17.5 Å². The van der Waals surface area contributed by atoms with Crippen molar-refractivity contribution in [1.29, 1.82) is 0 Å². The Morgan fingerprint density at radius 1 is 1.00 bits per heavy atom. The predicted octanol–water partition coefficient (Wildman–Crippen LogP) is 4.27. The number of likely N-dealkylation sites (N-methyl/N-ethyl adjacent to an activating group) is 1. The summed E-state index contributed by atoms with van der Waals surface area (Å²) in [7, 11) is -2.52. The molecule has 3 aromatic carbocycles. The number of sulfonamides is 1. The van der Waals surface area contributed by atoms with Crippen LogP contribution < -0.4 is 9.64 Å². The highest BCUT2D eigenvalue weighted by Crippen LogP contribution is 2.42. The molecular weight excluding hydrogens is 547 g/mol. The first-order chi connectivity index (χ1) is 19.1. The monoisotopic (exact) mass is 573 g/mol. The van der Waals surface area contributed by atoms with E-state index in [1.807, 2.05) is 0 Å². The van der Waals surface area contributed by atoms with Crippen molar-refractivity contribution in [3.05, 3.63) is 95.3 Å². The lowest BCUT2D eigenvalue weighted by Crippen LogP contribution is -2.33. The number of alkyl halides is 3. The average molecular weight is 574 g/mol. The molecule has 5 rings (SSSR count). The van der Waals surface area contributed by atoms with E-state index in [0.717, 1.165) is 6.07 Å². The number of anilines is 1. The first-order valence-corrected chi connectivity index (χ1v) is 13.8. The van der Waals surface area contributed by atoms with Gasteiger partial charge in [0.1, 0.15) is 16.4 Å². The summed E-state index contributed by atoms with van der Waals surface area (Å²) in [6, 6.07) is 17.1. The van der Waals surface area contributed by atoms with Crippen LogP contribution in [0.1, 0.15) is 22.4 Å². The number of aliphatic hydroxyl groups is 1. The molecule has 1 aliphatic heterocycles. The third kappa shape index (κ3) is 5.53. The first-order valence-electron chi connectivity index (χ1n) is 12.3. The summed E-state index contributed by atoms with van der Waals surface area (Å²) in [6.07, 6.45) is -3.09. The molecule has 0 unspecified atom stereocenters. The molecule has 0 spiro atoms. The molecule has 0 radical (unpaired) electrons. The van der Waals surface area contributed by atoms with Crippen molar-refractivity contribution < 1.29 is 31.4 Å². The van der Waals surface area contributed by atoms with Crippen LogP contribution in [0.15, 0.2) is 77.8 Å². The third-order valence-corrected chi connectivity index (χ3v) is 8.39. The van der Waals surface area contributed by atoms with Gasteiger partial charge in [-0.3, -0.25) is 0 Å². The average Bonchev–Trinajstić information content (AvgIpc) is 3.35. The number of hydrogen-bond acceptors (Lipinski definition) is 7. The first kappa shape index (κ1) is 27.6. The number of hydrogen-bond donors (Lipinski definition) is 1. The Bertz CT molecular complexity index is 1620. The maximum absolute atomic E-state index is 14.2. The van der Waals surface area contributed by atoms with Gasteiger partial charge in [-0.15, -0.1) is 5.10 Å². The molecular formula is C27H26F3N5O4S. The van der Waals surface area contributed by atoms with Gasteiger partial charge in [0.05, 0.1) is 42.8 Å². The molecule has 1 aliphatic rings. The molecule has 2 heterocycles. The van der Waals surface area contributed by atoms with Crippen molar-refractivity contribution in [3.8, 4) is 11.5 Å². The van der Waals surface area contributed by atoms with E-state index in [1.54, 1.807) is 54.4 Å². The maximum atomic E-state index is 14.2. The maximum Gasteiger partial charge on any atom is 0.416 e. The van der Waals surface area contributed by atoms with Gasteiger partial charge in [-0.1, -0.05) is 47.7 Å².